The van der Waals surface area contributed by atoms with Crippen LogP contribution in [0.5, 0.6) is 0 Å². The van der Waals surface area contributed by atoms with Gasteiger partial charge in [0.25, 0.3) is 0 Å². The van der Waals surface area contributed by atoms with Crippen molar-refractivity contribution < 1.29 is 23.1 Å². The number of hydrogen-bond acceptors (Lipinski definition) is 3. The van der Waals surface area contributed by atoms with Crippen LogP contribution in [0.25, 0.3) is 0 Å². The van der Waals surface area contributed by atoms with Crippen molar-refractivity contribution in [1.29, 1.82) is 0 Å². The number of anilines is 1. The molecule has 0 radical (unpaired) electrons. The molecule has 0 saturated carbocycles. The minimum absolute atomic E-state index is 0.0138. The van der Waals surface area contributed by atoms with Crippen LogP contribution >= 0.6 is 15.9 Å². The van der Waals surface area contributed by atoms with E-state index in [0.29, 0.717) is 10.2 Å². The number of rotatable bonds is 2. The van der Waals surface area contributed by atoms with E-state index in [2.05, 4.69) is 26.3 Å². The minimum atomic E-state index is -4.54. The van der Waals surface area contributed by atoms with Crippen molar-refractivity contribution in [2.75, 3.05) is 5.32 Å². The van der Waals surface area contributed by atoms with Gasteiger partial charge in [0.1, 0.15) is 5.82 Å². The van der Waals surface area contributed by atoms with Gasteiger partial charge in [0.15, 0.2) is 11.7 Å². The molecule has 0 spiro atoms. The molecule has 5 nitrogen and oxygen atoms in total. The molecule has 1 aliphatic rings. The van der Waals surface area contributed by atoms with Gasteiger partial charge in [-0.3, -0.25) is 0 Å². The van der Waals surface area contributed by atoms with E-state index in [4.69, 9.17) is 5.11 Å². The molecule has 1 aliphatic heterocycles. The Morgan fingerprint density at radius 1 is 1.35 bits per heavy atom. The monoisotopic (exact) mass is 389 g/mol. The standard InChI is InChI=1S/C14H11BrF3N3O2/c15-10-11(13(22)23)20-21-9(14(16,17)18)6-8(19-12(10)21)7-4-2-1-3-5-7/h1-5,8-9,19H,6H2,(H,22,23)/t8-,9+/m0/s1. The summed E-state index contributed by atoms with van der Waals surface area (Å²) in [5, 5.41) is 15.6. The molecule has 0 fully saturated rings. The Balaban J connectivity index is 2.10. The third-order valence-electron chi connectivity index (χ3n) is 3.70. The molecule has 1 aromatic heterocycles. The molecular formula is C14H11BrF3N3O2. The predicted octanol–water partition coefficient (Wildman–Crippen LogP) is 4.00. The molecule has 1 aromatic carbocycles. The van der Waals surface area contributed by atoms with Crippen LogP contribution in [0.15, 0.2) is 34.8 Å². The fourth-order valence-electron chi connectivity index (χ4n) is 2.63. The Morgan fingerprint density at radius 3 is 2.57 bits per heavy atom. The van der Waals surface area contributed by atoms with Gasteiger partial charge in [0.2, 0.25) is 0 Å². The fourth-order valence-corrected chi connectivity index (χ4v) is 3.18. The molecule has 2 atom stereocenters. The molecule has 0 aliphatic carbocycles. The van der Waals surface area contributed by atoms with Gasteiger partial charge in [-0.2, -0.15) is 18.3 Å². The van der Waals surface area contributed by atoms with Gasteiger partial charge >= 0.3 is 12.1 Å². The average molecular weight is 390 g/mol. The molecule has 9 heteroatoms. The highest BCUT2D eigenvalue weighted by molar-refractivity contribution is 9.10. The fraction of sp³-hybridized carbons (Fsp3) is 0.286. The van der Waals surface area contributed by atoms with Crippen LogP contribution in [0.1, 0.15) is 34.6 Å². The number of hydrogen-bond donors (Lipinski definition) is 2. The van der Waals surface area contributed by atoms with E-state index in [-0.39, 0.29) is 16.7 Å². The quantitative estimate of drug-likeness (QED) is 0.814. The Kier molecular flexibility index (Phi) is 3.83. The lowest BCUT2D eigenvalue weighted by Crippen LogP contribution is -2.35. The second kappa shape index (κ2) is 5.55. The number of fused-ring (bicyclic) bond motifs is 1. The maximum atomic E-state index is 13.4. The van der Waals surface area contributed by atoms with E-state index in [0.717, 1.165) is 0 Å². The van der Waals surface area contributed by atoms with Crippen molar-refractivity contribution in [3.63, 3.8) is 0 Å². The van der Waals surface area contributed by atoms with Crippen molar-refractivity contribution in [2.24, 2.45) is 0 Å². The van der Waals surface area contributed by atoms with Crippen LogP contribution < -0.4 is 5.32 Å². The van der Waals surface area contributed by atoms with E-state index in [1.54, 1.807) is 30.3 Å². The van der Waals surface area contributed by atoms with Gasteiger partial charge in [0, 0.05) is 6.42 Å². The number of nitrogens with one attached hydrogen (secondary N) is 1. The molecule has 3 rings (SSSR count). The molecule has 2 aromatic rings. The zero-order valence-corrected chi connectivity index (χ0v) is 13.1. The van der Waals surface area contributed by atoms with E-state index in [1.165, 1.54) is 0 Å². The zero-order chi connectivity index (χ0) is 16.8. The second-order valence-corrected chi connectivity index (χ2v) is 5.95. The van der Waals surface area contributed by atoms with E-state index >= 15 is 0 Å². The summed E-state index contributed by atoms with van der Waals surface area (Å²) in [5.74, 6) is -1.37. The van der Waals surface area contributed by atoms with Crippen LogP contribution in [0.2, 0.25) is 0 Å². The second-order valence-electron chi connectivity index (χ2n) is 5.16. The maximum absolute atomic E-state index is 13.4. The Hall–Kier alpha value is -2.03. The Morgan fingerprint density at radius 2 is 2.00 bits per heavy atom. The number of benzene rings is 1. The molecule has 0 bridgehead atoms. The number of carboxylic acids is 1. The van der Waals surface area contributed by atoms with Crippen molar-refractivity contribution >= 4 is 27.7 Å². The van der Waals surface area contributed by atoms with Gasteiger partial charge < -0.3 is 10.4 Å². The van der Waals surface area contributed by atoms with Gasteiger partial charge in [-0.15, -0.1) is 0 Å². The number of alkyl halides is 3. The van der Waals surface area contributed by atoms with Crippen LogP contribution in [-0.4, -0.2) is 27.0 Å². The van der Waals surface area contributed by atoms with E-state index in [1.807, 2.05) is 0 Å². The summed E-state index contributed by atoms with van der Waals surface area (Å²) >= 11 is 3.04. The highest BCUT2D eigenvalue weighted by Crippen LogP contribution is 2.46. The number of aromatic carboxylic acids is 1. The number of carbonyl (C=O) groups is 1. The van der Waals surface area contributed by atoms with Gasteiger partial charge in [0.05, 0.1) is 10.5 Å². The summed E-state index contributed by atoms with van der Waals surface area (Å²) in [7, 11) is 0. The highest BCUT2D eigenvalue weighted by atomic mass is 79.9. The van der Waals surface area contributed by atoms with Crippen LogP contribution in [-0.2, 0) is 0 Å². The normalized spacial score (nSPS) is 20.7. The molecule has 0 saturated heterocycles. The Bertz CT molecular complexity index is 746. The van der Waals surface area contributed by atoms with E-state index < -0.39 is 29.9 Å². The van der Waals surface area contributed by atoms with Crippen molar-refractivity contribution in [1.82, 2.24) is 9.78 Å². The lowest BCUT2D eigenvalue weighted by molar-refractivity contribution is -0.173. The first-order chi connectivity index (χ1) is 10.8. The summed E-state index contributed by atoms with van der Waals surface area (Å²) in [6.45, 7) is 0. The number of nitrogens with zero attached hydrogens (tertiary/aromatic N) is 2. The smallest absolute Gasteiger partial charge is 0.410 e. The summed E-state index contributed by atoms with van der Waals surface area (Å²) in [4.78, 5) is 11.1. The summed E-state index contributed by atoms with van der Waals surface area (Å²) < 4.78 is 40.9. The first-order valence-corrected chi connectivity index (χ1v) is 7.48. The summed E-state index contributed by atoms with van der Waals surface area (Å²) in [6.07, 6.45) is -4.81. The van der Waals surface area contributed by atoms with Crippen LogP contribution in [0.4, 0.5) is 19.0 Å². The summed E-state index contributed by atoms with van der Waals surface area (Å²) in [5.41, 5.74) is 0.244. The molecule has 2 heterocycles. The first-order valence-electron chi connectivity index (χ1n) is 6.68. The lowest BCUT2D eigenvalue weighted by atomic mass is 9.97. The van der Waals surface area contributed by atoms with E-state index in [9.17, 15) is 18.0 Å². The predicted molar refractivity (Wildman–Crippen MR) is 79.4 cm³/mol. The molecular weight excluding hydrogens is 379 g/mol. The third-order valence-corrected chi connectivity index (χ3v) is 4.45. The molecule has 0 amide bonds. The highest BCUT2D eigenvalue weighted by Gasteiger charge is 2.47. The van der Waals surface area contributed by atoms with Gasteiger partial charge in [-0.25, -0.2) is 9.48 Å². The van der Waals surface area contributed by atoms with Crippen molar-refractivity contribution in [2.45, 2.75) is 24.7 Å². The minimum Gasteiger partial charge on any atom is -0.476 e. The maximum Gasteiger partial charge on any atom is 0.410 e. The first kappa shape index (κ1) is 15.9. The molecule has 2 N–H and O–H groups in total. The van der Waals surface area contributed by atoms with Crippen LogP contribution in [0, 0.1) is 0 Å². The van der Waals surface area contributed by atoms with Crippen LogP contribution in [0.3, 0.4) is 0 Å². The SMILES string of the molecule is O=C(O)c1nn2c(c1Br)N[C@H](c1ccccc1)C[C@@H]2C(F)(F)F. The number of halogens is 4. The lowest BCUT2D eigenvalue weighted by Gasteiger charge is -2.33. The molecule has 23 heavy (non-hydrogen) atoms. The Labute approximate surface area is 137 Å². The van der Waals surface area contributed by atoms with Crippen molar-refractivity contribution in [3.8, 4) is 0 Å². The van der Waals surface area contributed by atoms with Crippen molar-refractivity contribution in [3.05, 3.63) is 46.1 Å². The molecule has 0 unspecified atom stereocenters. The van der Waals surface area contributed by atoms with Gasteiger partial charge in [-0.1, -0.05) is 30.3 Å². The largest absolute Gasteiger partial charge is 0.476 e. The topological polar surface area (TPSA) is 67.1 Å². The molecule has 122 valence electrons. The number of aromatic nitrogens is 2. The average Bonchev–Trinajstić information content (AvgIpc) is 2.84. The summed E-state index contributed by atoms with van der Waals surface area (Å²) in [6, 6.07) is 6.22. The van der Waals surface area contributed by atoms with Gasteiger partial charge in [-0.05, 0) is 21.5 Å². The third kappa shape index (κ3) is 2.80. The zero-order valence-electron chi connectivity index (χ0n) is 11.5. The number of carboxylic acid groups (broad SMARTS) is 1.